The third-order valence-electron chi connectivity index (χ3n) is 5.85. The Bertz CT molecular complexity index is 1210. The van der Waals surface area contributed by atoms with Crippen LogP contribution in [-0.4, -0.2) is 48.5 Å². The fourth-order valence-corrected chi connectivity index (χ4v) is 4.11. The SMILES string of the molecule is Cc1c([C@@H](NC(=O)Nc2cnc(N3CC4(COC4)C3)nc2)C(F)(F)F)oc2ccc(F)cc12.[HH].[HH]. The van der Waals surface area contributed by atoms with Gasteiger partial charge in [-0.1, -0.05) is 0 Å². The minimum Gasteiger partial charge on any atom is -0.458 e. The lowest BCUT2D eigenvalue weighted by Gasteiger charge is -2.54. The van der Waals surface area contributed by atoms with E-state index in [-0.39, 0.29) is 30.5 Å². The Morgan fingerprint density at radius 3 is 2.55 bits per heavy atom. The quantitative estimate of drug-likeness (QED) is 0.550. The number of aromatic nitrogens is 2. The van der Waals surface area contributed by atoms with Crippen LogP contribution in [0, 0.1) is 18.2 Å². The van der Waals surface area contributed by atoms with Gasteiger partial charge in [-0.05, 0) is 25.1 Å². The van der Waals surface area contributed by atoms with Gasteiger partial charge in [0.15, 0.2) is 6.04 Å². The molecule has 2 aliphatic rings. The summed E-state index contributed by atoms with van der Waals surface area (Å²) >= 11 is 0. The number of nitrogens with zero attached hydrogens (tertiary/aromatic N) is 3. The zero-order valence-corrected chi connectivity index (χ0v) is 17.4. The van der Waals surface area contributed by atoms with Crippen LogP contribution in [0.4, 0.5) is 34.0 Å². The molecule has 1 atom stereocenters. The fraction of sp³-hybridized carbons (Fsp3) is 0.381. The van der Waals surface area contributed by atoms with Crippen molar-refractivity contribution in [1.29, 1.82) is 0 Å². The smallest absolute Gasteiger partial charge is 0.416 e. The topological polar surface area (TPSA) is 92.5 Å². The highest BCUT2D eigenvalue weighted by Crippen LogP contribution is 2.40. The number of urea groups is 1. The summed E-state index contributed by atoms with van der Waals surface area (Å²) in [5.74, 6) is -0.654. The zero-order valence-electron chi connectivity index (χ0n) is 17.4. The van der Waals surface area contributed by atoms with Gasteiger partial charge in [0.2, 0.25) is 5.95 Å². The molecule has 2 fully saturated rings. The van der Waals surface area contributed by atoms with Crippen molar-refractivity contribution in [1.82, 2.24) is 15.3 Å². The highest BCUT2D eigenvalue weighted by atomic mass is 19.4. The van der Waals surface area contributed by atoms with Gasteiger partial charge in [0.1, 0.15) is 17.2 Å². The molecule has 4 heterocycles. The summed E-state index contributed by atoms with van der Waals surface area (Å²) in [5.41, 5.74) is 0.477. The van der Waals surface area contributed by atoms with Crippen molar-refractivity contribution in [2.45, 2.75) is 19.1 Å². The van der Waals surface area contributed by atoms with E-state index in [0.29, 0.717) is 19.2 Å². The monoisotopic (exact) mass is 469 g/mol. The van der Waals surface area contributed by atoms with Gasteiger partial charge in [0, 0.05) is 26.9 Å². The maximum Gasteiger partial charge on any atom is 0.416 e. The lowest BCUT2D eigenvalue weighted by molar-refractivity contribution is -0.158. The van der Waals surface area contributed by atoms with Gasteiger partial charge in [-0.2, -0.15) is 13.2 Å². The van der Waals surface area contributed by atoms with Gasteiger partial charge < -0.3 is 24.7 Å². The molecule has 5 rings (SSSR count). The molecule has 0 radical (unpaired) electrons. The van der Waals surface area contributed by atoms with Crippen LogP contribution in [0.15, 0.2) is 35.0 Å². The average Bonchev–Trinajstić information content (AvgIpc) is 3.00. The van der Waals surface area contributed by atoms with Crippen LogP contribution in [0.3, 0.4) is 0 Å². The Morgan fingerprint density at radius 1 is 1.24 bits per heavy atom. The Labute approximate surface area is 187 Å². The number of furan rings is 1. The zero-order chi connectivity index (χ0) is 23.4. The molecule has 3 aromatic rings. The van der Waals surface area contributed by atoms with Crippen molar-refractivity contribution >= 4 is 28.6 Å². The molecule has 12 heteroatoms. The van der Waals surface area contributed by atoms with E-state index in [4.69, 9.17) is 9.15 Å². The number of anilines is 2. The normalized spacial score (nSPS) is 18.0. The Kier molecular flexibility index (Phi) is 4.92. The summed E-state index contributed by atoms with van der Waals surface area (Å²) in [7, 11) is 0. The molecule has 2 N–H and O–H groups in total. The number of rotatable bonds is 4. The number of hydrogen-bond donors (Lipinski definition) is 2. The van der Waals surface area contributed by atoms with E-state index in [0.717, 1.165) is 25.2 Å². The highest BCUT2D eigenvalue weighted by molar-refractivity contribution is 5.89. The van der Waals surface area contributed by atoms with Crippen LogP contribution >= 0.6 is 0 Å². The predicted octanol–water partition coefficient (Wildman–Crippen LogP) is 4.42. The number of fused-ring (bicyclic) bond motifs is 1. The first-order chi connectivity index (χ1) is 15.6. The van der Waals surface area contributed by atoms with Gasteiger partial charge in [0.05, 0.1) is 36.7 Å². The van der Waals surface area contributed by atoms with Crippen LogP contribution in [-0.2, 0) is 4.74 Å². The summed E-state index contributed by atoms with van der Waals surface area (Å²) in [6.45, 7) is 4.34. The van der Waals surface area contributed by atoms with E-state index in [2.05, 4.69) is 15.3 Å². The van der Waals surface area contributed by atoms with E-state index in [1.54, 1.807) is 0 Å². The van der Waals surface area contributed by atoms with Crippen LogP contribution in [0.2, 0.25) is 0 Å². The molecule has 178 valence electrons. The minimum absolute atomic E-state index is 0. The third-order valence-corrected chi connectivity index (χ3v) is 5.85. The summed E-state index contributed by atoms with van der Waals surface area (Å²) < 4.78 is 65.3. The summed E-state index contributed by atoms with van der Waals surface area (Å²) in [6.07, 6.45) is -2.21. The highest BCUT2D eigenvalue weighted by Gasteiger charge is 2.50. The fourth-order valence-electron chi connectivity index (χ4n) is 4.11. The number of aryl methyl sites for hydroxylation is 1. The predicted molar refractivity (Wildman–Crippen MR) is 114 cm³/mol. The number of carbonyl (C=O) groups is 1. The molecule has 2 aliphatic heterocycles. The molecule has 0 unspecified atom stereocenters. The van der Waals surface area contributed by atoms with Crippen molar-refractivity contribution in [2.24, 2.45) is 5.41 Å². The molecule has 0 aliphatic carbocycles. The number of alkyl halides is 3. The number of hydrogen-bond acceptors (Lipinski definition) is 6. The van der Waals surface area contributed by atoms with Crippen molar-refractivity contribution in [2.75, 3.05) is 36.5 Å². The molecule has 33 heavy (non-hydrogen) atoms. The Morgan fingerprint density at radius 2 is 1.94 bits per heavy atom. The summed E-state index contributed by atoms with van der Waals surface area (Å²) in [5, 5.41) is 4.38. The third kappa shape index (κ3) is 3.94. The number of nitrogens with one attached hydrogen (secondary N) is 2. The Hall–Kier alpha value is -3.41. The number of halogens is 4. The molecule has 1 spiro atoms. The molecular weight excluding hydrogens is 446 g/mol. The van der Waals surface area contributed by atoms with Crippen molar-refractivity contribution in [3.8, 4) is 0 Å². The van der Waals surface area contributed by atoms with Crippen LogP contribution < -0.4 is 15.5 Å². The summed E-state index contributed by atoms with van der Waals surface area (Å²) in [4.78, 5) is 22.6. The van der Waals surface area contributed by atoms with Gasteiger partial charge in [0.25, 0.3) is 0 Å². The molecule has 1 aromatic carbocycles. The molecular formula is C21H23F4N5O3. The first-order valence-electron chi connectivity index (χ1n) is 10.1. The van der Waals surface area contributed by atoms with Crippen LogP contribution in [0.1, 0.15) is 20.2 Å². The van der Waals surface area contributed by atoms with Crippen LogP contribution in [0.5, 0.6) is 0 Å². The minimum atomic E-state index is -4.85. The van der Waals surface area contributed by atoms with Gasteiger partial charge in [-0.3, -0.25) is 0 Å². The molecule has 0 bridgehead atoms. The van der Waals surface area contributed by atoms with Gasteiger partial charge in [-0.15, -0.1) is 0 Å². The lowest BCUT2D eigenvalue weighted by atomic mass is 9.78. The maximum absolute atomic E-state index is 13.8. The molecule has 2 aromatic heterocycles. The second-order valence-corrected chi connectivity index (χ2v) is 8.43. The number of carbonyl (C=O) groups excluding carboxylic acids is 1. The average molecular weight is 469 g/mol. The van der Waals surface area contributed by atoms with Crippen LogP contribution in [0.25, 0.3) is 11.0 Å². The van der Waals surface area contributed by atoms with Gasteiger partial charge >= 0.3 is 12.2 Å². The molecule has 2 saturated heterocycles. The largest absolute Gasteiger partial charge is 0.458 e. The standard InChI is InChI=1S/C21H19F4N5O3.2H2/c1-11-14-4-12(22)2-3-15(14)33-16(11)17(21(23,24)25)29-19(31)28-13-5-26-18(27-6-13)30-7-20(8-30)9-32-10-20;;/h2-6,17H,7-10H2,1H3,(H2,28,29,31);2*1H/t17-;;/m1../s1. The Balaban J connectivity index is 0.00000171. The van der Waals surface area contributed by atoms with E-state index >= 15 is 0 Å². The van der Waals surface area contributed by atoms with E-state index in [1.165, 1.54) is 25.4 Å². The maximum atomic E-state index is 13.8. The van der Waals surface area contributed by atoms with E-state index in [9.17, 15) is 22.4 Å². The van der Waals surface area contributed by atoms with Crippen molar-refractivity contribution in [3.05, 3.63) is 47.7 Å². The lowest BCUT2D eigenvalue weighted by Crippen LogP contribution is -2.66. The van der Waals surface area contributed by atoms with E-state index in [1.807, 2.05) is 10.2 Å². The molecule has 8 nitrogen and oxygen atoms in total. The molecule has 2 amide bonds. The number of ether oxygens (including phenoxy) is 1. The number of amides is 2. The van der Waals surface area contributed by atoms with Crippen molar-refractivity contribution < 1.29 is 34.4 Å². The van der Waals surface area contributed by atoms with Crippen molar-refractivity contribution in [3.63, 3.8) is 0 Å². The summed E-state index contributed by atoms with van der Waals surface area (Å²) in [6, 6.07) is -0.140. The first kappa shape index (κ1) is 21.4. The number of benzene rings is 1. The molecule has 0 saturated carbocycles. The first-order valence-corrected chi connectivity index (χ1v) is 10.1. The van der Waals surface area contributed by atoms with E-state index < -0.39 is 29.8 Å². The second kappa shape index (κ2) is 7.58. The van der Waals surface area contributed by atoms with Gasteiger partial charge in [-0.25, -0.2) is 19.2 Å². The second-order valence-electron chi connectivity index (χ2n) is 8.43.